The molecule has 9 rings (SSSR count). The largest absolute Gasteiger partial charge is 0.354 e. The Bertz CT molecular complexity index is 2350. The van der Waals surface area contributed by atoms with Crippen LogP contribution in [0.3, 0.4) is 0 Å². The fraction of sp³-hybridized carbons (Fsp3) is 0.341. The molecule has 5 aromatic rings. The fourth-order valence-corrected chi connectivity index (χ4v) is 8.64. The normalized spacial score (nSPS) is 20.3. The first-order chi connectivity index (χ1) is 26.8. The van der Waals surface area contributed by atoms with E-state index in [1.165, 1.54) is 6.07 Å². The minimum Gasteiger partial charge on any atom is -0.354 e. The number of piperazine rings is 1. The lowest BCUT2D eigenvalue weighted by atomic mass is 9.82. The van der Waals surface area contributed by atoms with Crippen molar-refractivity contribution in [3.63, 3.8) is 0 Å². The summed E-state index contributed by atoms with van der Waals surface area (Å²) < 4.78 is 15.9. The van der Waals surface area contributed by atoms with Gasteiger partial charge in [-0.3, -0.25) is 34.7 Å². The predicted molar refractivity (Wildman–Crippen MR) is 202 cm³/mol. The van der Waals surface area contributed by atoms with E-state index in [0.717, 1.165) is 98.3 Å². The lowest BCUT2D eigenvalue weighted by Crippen LogP contribution is -2.47. The summed E-state index contributed by atoms with van der Waals surface area (Å²) in [7, 11) is 0. The molecule has 13 nitrogen and oxygen atoms in total. The third-order valence-corrected chi connectivity index (χ3v) is 11.4. The van der Waals surface area contributed by atoms with E-state index in [1.54, 1.807) is 24.4 Å². The average molecular weight is 742 g/mol. The minimum atomic E-state index is -0.659. The highest BCUT2D eigenvalue weighted by Crippen LogP contribution is 2.37. The molecule has 7 heterocycles. The Morgan fingerprint density at radius 2 is 1.69 bits per heavy atom. The number of halogens is 1. The van der Waals surface area contributed by atoms with Crippen molar-refractivity contribution >= 4 is 40.9 Å². The van der Waals surface area contributed by atoms with E-state index in [1.807, 2.05) is 47.0 Å². The van der Waals surface area contributed by atoms with E-state index in [9.17, 15) is 23.6 Å². The van der Waals surface area contributed by atoms with E-state index >= 15 is 0 Å². The van der Waals surface area contributed by atoms with Gasteiger partial charge in [0.25, 0.3) is 11.8 Å². The summed E-state index contributed by atoms with van der Waals surface area (Å²) in [6, 6.07) is 20.4. The second-order valence-corrected chi connectivity index (χ2v) is 14.7. The van der Waals surface area contributed by atoms with Gasteiger partial charge in [0.1, 0.15) is 23.1 Å². The quantitative estimate of drug-likeness (QED) is 0.208. The zero-order chi connectivity index (χ0) is 37.6. The first kappa shape index (κ1) is 34.7. The molecular weight excluding hydrogens is 702 g/mol. The molecule has 0 saturated carbocycles. The van der Waals surface area contributed by atoms with Crippen LogP contribution in [0.4, 0.5) is 16.0 Å². The number of benzene rings is 2. The van der Waals surface area contributed by atoms with Gasteiger partial charge < -0.3 is 9.80 Å². The Balaban J connectivity index is 0.860. The molecular formula is C41H40FN9O4. The number of piperidine rings is 1. The molecule has 3 aromatic heterocycles. The molecule has 0 aliphatic carbocycles. The Labute approximate surface area is 316 Å². The molecule has 2 N–H and O–H groups in total. The molecule has 2 atom stereocenters. The van der Waals surface area contributed by atoms with Crippen molar-refractivity contribution in [2.45, 2.75) is 50.5 Å². The summed E-state index contributed by atoms with van der Waals surface area (Å²) in [5, 5.41) is 9.79. The van der Waals surface area contributed by atoms with Gasteiger partial charge in [0, 0.05) is 39.1 Å². The van der Waals surface area contributed by atoms with Crippen molar-refractivity contribution in [1.29, 1.82) is 0 Å². The van der Waals surface area contributed by atoms with Crippen LogP contribution < -0.4 is 20.4 Å². The number of nitrogens with one attached hydrogen (secondary N) is 2. The number of pyridine rings is 1. The van der Waals surface area contributed by atoms with Crippen LogP contribution in [0.5, 0.6) is 0 Å². The Morgan fingerprint density at radius 1 is 0.836 bits per heavy atom. The van der Waals surface area contributed by atoms with Crippen LogP contribution >= 0.6 is 0 Å². The topological polar surface area (TPSA) is 145 Å². The summed E-state index contributed by atoms with van der Waals surface area (Å²) in [6.07, 6.45) is 5.65. The Morgan fingerprint density at radius 3 is 2.53 bits per heavy atom. The maximum absolute atomic E-state index is 14.1. The van der Waals surface area contributed by atoms with Crippen LogP contribution in [-0.2, 0) is 16.0 Å². The van der Waals surface area contributed by atoms with E-state index in [4.69, 9.17) is 10.1 Å². The molecule has 14 heteroatoms. The molecule has 3 saturated heterocycles. The second kappa shape index (κ2) is 14.3. The highest BCUT2D eigenvalue weighted by atomic mass is 19.1. The van der Waals surface area contributed by atoms with Crippen LogP contribution in [0.15, 0.2) is 72.9 Å². The summed E-state index contributed by atoms with van der Waals surface area (Å²) in [4.78, 5) is 66.7. The van der Waals surface area contributed by atoms with Crippen LogP contribution in [-0.4, -0.2) is 87.4 Å². The summed E-state index contributed by atoms with van der Waals surface area (Å²) in [5.74, 6) is -0.895. The number of imidazole rings is 1. The van der Waals surface area contributed by atoms with Crippen LogP contribution in [0.2, 0.25) is 0 Å². The third kappa shape index (κ3) is 6.60. The maximum Gasteiger partial charge on any atom is 0.259 e. The van der Waals surface area contributed by atoms with Crippen molar-refractivity contribution in [3.05, 3.63) is 107 Å². The number of aryl methyl sites for hydroxylation is 1. The van der Waals surface area contributed by atoms with E-state index in [-0.39, 0.29) is 35.3 Å². The smallest absolute Gasteiger partial charge is 0.259 e. The molecule has 280 valence electrons. The fourth-order valence-electron chi connectivity index (χ4n) is 8.64. The van der Waals surface area contributed by atoms with Crippen LogP contribution in [0.1, 0.15) is 81.5 Å². The van der Waals surface area contributed by atoms with Crippen molar-refractivity contribution in [2.75, 3.05) is 49.1 Å². The molecule has 0 radical (unpaired) electrons. The molecule has 1 unspecified atom stereocenters. The molecule has 4 amide bonds. The number of anilines is 2. The maximum atomic E-state index is 14.1. The number of imide groups is 2. The van der Waals surface area contributed by atoms with Gasteiger partial charge in [-0.05, 0) is 97.8 Å². The zero-order valence-corrected chi connectivity index (χ0v) is 30.2. The summed E-state index contributed by atoms with van der Waals surface area (Å²) in [5.41, 5.74) is 5.22. The molecule has 2 aromatic carbocycles. The number of carbonyl (C=O) groups excluding carboxylic acids is 4. The number of rotatable bonds is 9. The average Bonchev–Trinajstić information content (AvgIpc) is 3.93. The van der Waals surface area contributed by atoms with Gasteiger partial charge in [-0.2, -0.15) is 0 Å². The van der Waals surface area contributed by atoms with Gasteiger partial charge in [0.15, 0.2) is 5.65 Å². The van der Waals surface area contributed by atoms with Crippen LogP contribution in [0, 0.1) is 5.82 Å². The van der Waals surface area contributed by atoms with Gasteiger partial charge in [0.2, 0.25) is 11.8 Å². The third-order valence-electron chi connectivity index (χ3n) is 11.4. The van der Waals surface area contributed by atoms with Crippen molar-refractivity contribution in [1.82, 2.24) is 35.1 Å². The zero-order valence-electron chi connectivity index (χ0n) is 30.2. The second-order valence-electron chi connectivity index (χ2n) is 14.7. The SMILES string of the molecule is O=C1CCC(c2c(CCCN3CCN(c4cccc(-c5cnc6ccc(N7CCC[C@@H]7c7cccc(F)c7)nn56)n4)CC3)ccc3c2C(=O)NC3=O)C(=O)N1. The molecule has 3 fully saturated rings. The van der Waals surface area contributed by atoms with Gasteiger partial charge in [-0.1, -0.05) is 24.3 Å². The van der Waals surface area contributed by atoms with E-state index in [2.05, 4.69) is 30.3 Å². The number of aromatic nitrogens is 4. The predicted octanol–water partition coefficient (Wildman–Crippen LogP) is 4.43. The first-order valence-electron chi connectivity index (χ1n) is 19.0. The number of amides is 4. The molecule has 0 spiro atoms. The number of hydrogen-bond acceptors (Lipinski definition) is 10. The molecule has 4 aliphatic heterocycles. The van der Waals surface area contributed by atoms with Gasteiger partial charge in [-0.25, -0.2) is 18.9 Å². The molecule has 55 heavy (non-hydrogen) atoms. The number of carbonyl (C=O) groups is 4. The van der Waals surface area contributed by atoms with Gasteiger partial charge in [-0.15, -0.1) is 5.10 Å². The minimum absolute atomic E-state index is 0.0530. The lowest BCUT2D eigenvalue weighted by Gasteiger charge is -2.35. The standard InChI is InChI=1S/C41H40FN9O4/c42-27-7-1-5-26(23-27)31-9-4-18-50(31)35-15-14-33-43-24-32(51(33)47-35)30-8-2-10-34(44-30)49-21-19-48(20-22-49)17-3-6-25-11-12-29-38(41(55)46-40(29)54)37(25)28-13-16-36(52)45-39(28)53/h1-2,5,7-8,10-12,14-15,23-24,28,31H,3-4,6,9,13,16-22H2,(H,45,52,53)(H,46,54,55)/t28?,31-/m1/s1. The van der Waals surface area contributed by atoms with Crippen molar-refractivity contribution < 1.29 is 23.6 Å². The number of fused-ring (bicyclic) bond motifs is 2. The summed E-state index contributed by atoms with van der Waals surface area (Å²) in [6.45, 7) is 4.94. The monoisotopic (exact) mass is 741 g/mol. The van der Waals surface area contributed by atoms with Crippen molar-refractivity contribution in [3.8, 4) is 11.4 Å². The van der Waals surface area contributed by atoms with Gasteiger partial charge >= 0.3 is 0 Å². The van der Waals surface area contributed by atoms with Crippen molar-refractivity contribution in [2.24, 2.45) is 0 Å². The Hall–Kier alpha value is -6.02. The molecule has 4 aliphatic rings. The molecule has 0 bridgehead atoms. The highest BCUT2D eigenvalue weighted by Gasteiger charge is 2.38. The first-order valence-corrected chi connectivity index (χ1v) is 19.0. The van der Waals surface area contributed by atoms with Crippen LogP contribution in [0.25, 0.3) is 17.0 Å². The highest BCUT2D eigenvalue weighted by molar-refractivity contribution is 6.23. The Kier molecular flexibility index (Phi) is 9.05. The number of hydrogen-bond donors (Lipinski definition) is 2. The lowest BCUT2D eigenvalue weighted by molar-refractivity contribution is -0.134. The van der Waals surface area contributed by atoms with E-state index < -0.39 is 23.6 Å². The number of nitrogens with zero attached hydrogens (tertiary/aromatic N) is 7. The van der Waals surface area contributed by atoms with E-state index in [0.29, 0.717) is 18.4 Å². The summed E-state index contributed by atoms with van der Waals surface area (Å²) >= 11 is 0. The van der Waals surface area contributed by atoms with Gasteiger partial charge in [0.05, 0.1) is 35.0 Å².